The Kier molecular flexibility index (Phi) is 6.08. The van der Waals surface area contributed by atoms with Crippen molar-refractivity contribution in [3.8, 4) is 56.4 Å². The van der Waals surface area contributed by atoms with Gasteiger partial charge in [-0.1, -0.05) is 146 Å². The molecule has 0 spiro atoms. The largest absolute Gasteiger partial charge is 0.455 e. The summed E-state index contributed by atoms with van der Waals surface area (Å²) in [5.41, 5.74) is 8.95. The fourth-order valence-electron chi connectivity index (χ4n) is 5.66. The molecule has 0 aliphatic carbocycles. The van der Waals surface area contributed by atoms with E-state index in [4.69, 9.17) is 19.4 Å². The molecule has 0 saturated heterocycles. The smallest absolute Gasteiger partial charge is 0.164 e. The van der Waals surface area contributed by atoms with Crippen LogP contribution in [0.15, 0.2) is 156 Å². The third kappa shape index (κ3) is 4.55. The Labute approximate surface area is 249 Å². The van der Waals surface area contributed by atoms with Gasteiger partial charge in [0.2, 0.25) is 0 Å². The average molecular weight is 552 g/mol. The summed E-state index contributed by atoms with van der Waals surface area (Å²) < 4.78 is 6.57. The molecule has 0 amide bonds. The highest BCUT2D eigenvalue weighted by molar-refractivity contribution is 6.15. The molecular weight excluding hydrogens is 526 g/mol. The zero-order valence-electron chi connectivity index (χ0n) is 23.2. The van der Waals surface area contributed by atoms with E-state index in [-0.39, 0.29) is 0 Å². The Hall–Kier alpha value is -5.87. The first-order valence-corrected chi connectivity index (χ1v) is 14.3. The van der Waals surface area contributed by atoms with E-state index in [1.54, 1.807) is 0 Å². The van der Waals surface area contributed by atoms with Crippen LogP contribution < -0.4 is 0 Å². The number of furan rings is 1. The molecule has 4 heteroatoms. The van der Waals surface area contributed by atoms with Crippen LogP contribution in [-0.4, -0.2) is 15.0 Å². The third-order valence-electron chi connectivity index (χ3n) is 7.77. The van der Waals surface area contributed by atoms with Crippen molar-refractivity contribution < 1.29 is 4.42 Å². The predicted molar refractivity (Wildman–Crippen MR) is 174 cm³/mol. The highest BCUT2D eigenvalue weighted by Gasteiger charge is 2.19. The highest BCUT2D eigenvalue weighted by atomic mass is 16.3. The van der Waals surface area contributed by atoms with Crippen molar-refractivity contribution >= 4 is 21.9 Å². The molecule has 0 fully saturated rings. The fraction of sp³-hybridized carbons (Fsp3) is 0. The van der Waals surface area contributed by atoms with Crippen LogP contribution in [0, 0.1) is 0 Å². The summed E-state index contributed by atoms with van der Waals surface area (Å²) >= 11 is 0. The second-order valence-corrected chi connectivity index (χ2v) is 10.4. The van der Waals surface area contributed by atoms with E-state index < -0.39 is 0 Å². The number of para-hydroxylation sites is 1. The summed E-state index contributed by atoms with van der Waals surface area (Å²) in [6.45, 7) is 0. The molecule has 43 heavy (non-hydrogen) atoms. The maximum atomic E-state index is 6.57. The third-order valence-corrected chi connectivity index (χ3v) is 7.77. The van der Waals surface area contributed by atoms with Crippen LogP contribution in [0.4, 0.5) is 0 Å². The lowest BCUT2D eigenvalue weighted by Gasteiger charge is -2.09. The minimum absolute atomic E-state index is 0.610. The first kappa shape index (κ1) is 24.9. The van der Waals surface area contributed by atoms with E-state index in [0.717, 1.165) is 49.8 Å². The molecule has 0 aliphatic rings. The molecule has 8 aromatic rings. The van der Waals surface area contributed by atoms with Gasteiger partial charge in [0.25, 0.3) is 0 Å². The van der Waals surface area contributed by atoms with Crippen LogP contribution >= 0.6 is 0 Å². The molecule has 8 rings (SSSR count). The Morgan fingerprint density at radius 2 is 0.837 bits per heavy atom. The lowest BCUT2D eigenvalue weighted by molar-refractivity contribution is 0.670. The molecule has 0 N–H and O–H groups in total. The van der Waals surface area contributed by atoms with Crippen molar-refractivity contribution in [3.63, 3.8) is 0 Å². The molecule has 0 radical (unpaired) electrons. The van der Waals surface area contributed by atoms with E-state index >= 15 is 0 Å². The summed E-state index contributed by atoms with van der Waals surface area (Å²) in [7, 11) is 0. The lowest BCUT2D eigenvalue weighted by atomic mass is 9.98. The quantitative estimate of drug-likeness (QED) is 0.214. The van der Waals surface area contributed by atoms with Crippen LogP contribution in [0.25, 0.3) is 78.4 Å². The lowest BCUT2D eigenvalue weighted by Crippen LogP contribution is -2.00. The van der Waals surface area contributed by atoms with Gasteiger partial charge >= 0.3 is 0 Å². The highest BCUT2D eigenvalue weighted by Crippen LogP contribution is 2.40. The number of hydrogen-bond acceptors (Lipinski definition) is 4. The van der Waals surface area contributed by atoms with E-state index in [1.165, 1.54) is 11.1 Å². The van der Waals surface area contributed by atoms with Crippen LogP contribution in [-0.2, 0) is 0 Å². The predicted octanol–water partition coefficient (Wildman–Crippen LogP) is 10.1. The number of hydrogen-bond donors (Lipinski definition) is 0. The number of fused-ring (bicyclic) bond motifs is 3. The van der Waals surface area contributed by atoms with Gasteiger partial charge in [-0.2, -0.15) is 0 Å². The van der Waals surface area contributed by atoms with Crippen molar-refractivity contribution in [3.05, 3.63) is 152 Å². The molecule has 4 nitrogen and oxygen atoms in total. The molecule has 2 heterocycles. The maximum Gasteiger partial charge on any atom is 0.164 e. The molecule has 0 saturated carbocycles. The summed E-state index contributed by atoms with van der Waals surface area (Å²) in [6, 6.07) is 51.6. The Morgan fingerprint density at radius 1 is 0.349 bits per heavy atom. The molecule has 0 atom stereocenters. The van der Waals surface area contributed by atoms with Crippen LogP contribution in [0.5, 0.6) is 0 Å². The Morgan fingerprint density at radius 3 is 1.47 bits per heavy atom. The van der Waals surface area contributed by atoms with Crippen molar-refractivity contribution in [2.24, 2.45) is 0 Å². The van der Waals surface area contributed by atoms with E-state index in [1.807, 2.05) is 78.9 Å². The molecule has 0 bridgehead atoms. The van der Waals surface area contributed by atoms with E-state index in [0.29, 0.717) is 17.5 Å². The zero-order valence-corrected chi connectivity index (χ0v) is 23.2. The topological polar surface area (TPSA) is 51.8 Å². The van der Waals surface area contributed by atoms with Gasteiger partial charge < -0.3 is 4.42 Å². The summed E-state index contributed by atoms with van der Waals surface area (Å²) in [4.78, 5) is 14.8. The van der Waals surface area contributed by atoms with Crippen molar-refractivity contribution in [1.29, 1.82) is 0 Å². The SMILES string of the molecule is c1ccc(-c2ccc(-c3cccc4c3oc3cccc(-c5nc(-c6ccccc6)nc(-c6ccccc6)n5)c34)cc2)cc1. The molecular formula is C39H25N3O. The van der Waals surface area contributed by atoms with Crippen LogP contribution in [0.1, 0.15) is 0 Å². The monoisotopic (exact) mass is 551 g/mol. The summed E-state index contributed by atoms with van der Waals surface area (Å²) in [5.74, 6) is 1.88. The number of rotatable bonds is 5. The van der Waals surface area contributed by atoms with Gasteiger partial charge in [-0.15, -0.1) is 0 Å². The maximum absolute atomic E-state index is 6.57. The van der Waals surface area contributed by atoms with Gasteiger partial charge in [0.15, 0.2) is 17.5 Å². The number of nitrogens with zero attached hydrogens (tertiary/aromatic N) is 3. The van der Waals surface area contributed by atoms with Gasteiger partial charge in [-0.25, -0.2) is 15.0 Å². The molecule has 0 unspecified atom stereocenters. The van der Waals surface area contributed by atoms with Crippen LogP contribution in [0.3, 0.4) is 0 Å². The first-order chi connectivity index (χ1) is 21.3. The van der Waals surface area contributed by atoms with Crippen molar-refractivity contribution in [1.82, 2.24) is 15.0 Å². The van der Waals surface area contributed by atoms with Crippen LogP contribution in [0.2, 0.25) is 0 Å². The minimum Gasteiger partial charge on any atom is -0.455 e. The van der Waals surface area contributed by atoms with Gasteiger partial charge in [0, 0.05) is 33.0 Å². The minimum atomic E-state index is 0.610. The van der Waals surface area contributed by atoms with E-state index in [9.17, 15) is 0 Å². The second kappa shape index (κ2) is 10.5. The Balaban J connectivity index is 1.30. The van der Waals surface area contributed by atoms with Gasteiger partial charge in [-0.3, -0.25) is 0 Å². The molecule has 0 aliphatic heterocycles. The van der Waals surface area contributed by atoms with Crippen molar-refractivity contribution in [2.75, 3.05) is 0 Å². The van der Waals surface area contributed by atoms with Crippen molar-refractivity contribution in [2.45, 2.75) is 0 Å². The summed E-state index contributed by atoms with van der Waals surface area (Å²) in [5, 5.41) is 2.02. The Bertz CT molecular complexity index is 2150. The second-order valence-electron chi connectivity index (χ2n) is 10.4. The van der Waals surface area contributed by atoms with Gasteiger partial charge in [0.1, 0.15) is 11.2 Å². The molecule has 6 aromatic carbocycles. The fourth-order valence-corrected chi connectivity index (χ4v) is 5.66. The van der Waals surface area contributed by atoms with E-state index in [2.05, 4.69) is 72.8 Å². The molecule has 2 aromatic heterocycles. The first-order valence-electron chi connectivity index (χ1n) is 14.3. The zero-order chi connectivity index (χ0) is 28.6. The average Bonchev–Trinajstić information content (AvgIpc) is 3.49. The molecule has 202 valence electrons. The van der Waals surface area contributed by atoms with Gasteiger partial charge in [0.05, 0.1) is 0 Å². The summed E-state index contributed by atoms with van der Waals surface area (Å²) in [6.07, 6.45) is 0. The standard InChI is InChI=1S/C39H25N3O/c1-4-12-26(13-5-1)27-22-24-28(25-23-27)31-18-10-19-32-35-33(20-11-21-34(35)43-36(31)32)39-41-37(29-14-6-2-7-15-29)40-38(42-39)30-16-8-3-9-17-30/h1-25H. The number of benzene rings is 6. The normalized spacial score (nSPS) is 11.3. The van der Waals surface area contributed by atoms with Gasteiger partial charge in [-0.05, 0) is 22.8 Å². The number of aromatic nitrogens is 3.